The van der Waals surface area contributed by atoms with Crippen LogP contribution in [0.4, 0.5) is 14.5 Å². The number of rotatable bonds is 9. The third-order valence-corrected chi connectivity index (χ3v) is 10.9. The number of pyridine rings is 1. The molecule has 0 spiro atoms. The number of carbonyl (C=O) groups is 1. The second kappa shape index (κ2) is 9.63. The lowest BCUT2D eigenvalue weighted by molar-refractivity contribution is -0.144. The molecule has 3 aromatic heterocycles. The number of fused-ring (bicyclic) bond motifs is 1. The highest BCUT2D eigenvalue weighted by atomic mass is 32.2. The van der Waals surface area contributed by atoms with Gasteiger partial charge in [-0.15, -0.1) is 10.2 Å². The maximum Gasteiger partial charge on any atom is 0.291 e. The van der Waals surface area contributed by atoms with Crippen molar-refractivity contribution in [2.75, 3.05) is 38.2 Å². The van der Waals surface area contributed by atoms with Crippen LogP contribution in [0.1, 0.15) is 61.6 Å². The summed E-state index contributed by atoms with van der Waals surface area (Å²) in [6.45, 7) is 1.69. The number of piperazine rings is 1. The van der Waals surface area contributed by atoms with Crippen LogP contribution in [0.5, 0.6) is 0 Å². The molecule has 1 aliphatic heterocycles. The van der Waals surface area contributed by atoms with Crippen LogP contribution in [0.3, 0.4) is 0 Å². The molecule has 4 heterocycles. The van der Waals surface area contributed by atoms with E-state index < -0.39 is 32.6 Å². The Kier molecular flexibility index (Phi) is 6.32. The van der Waals surface area contributed by atoms with E-state index >= 15 is 0 Å². The number of halogens is 2. The second-order valence-corrected chi connectivity index (χ2v) is 14.1. The third kappa shape index (κ3) is 4.62. The van der Waals surface area contributed by atoms with Gasteiger partial charge in [0.05, 0.1) is 17.5 Å². The topological polar surface area (TPSA) is 146 Å². The molecule has 7 rings (SSSR count). The van der Waals surface area contributed by atoms with E-state index in [2.05, 4.69) is 21.0 Å². The Labute approximate surface area is 244 Å². The molecular formula is C26H28F2N8O4S2. The first-order valence-corrected chi connectivity index (χ1v) is 16.1. The van der Waals surface area contributed by atoms with E-state index in [4.69, 9.17) is 9.72 Å². The molecule has 0 bridgehead atoms. The van der Waals surface area contributed by atoms with E-state index in [1.54, 1.807) is 16.4 Å². The molecule has 12 nitrogen and oxygen atoms in total. The smallest absolute Gasteiger partial charge is 0.291 e. The molecule has 0 aromatic carbocycles. The molecule has 3 aliphatic carbocycles. The van der Waals surface area contributed by atoms with Crippen LogP contribution >= 0.6 is 11.3 Å². The standard InChI is InChI=1S/C26H28F2N8O4S2/c1-40-26(6-7-26)24(37)35-10-8-34(9-11-35)17-12-16(42(38,39)33-25(14-29)4-5-25)13-36-19(18(15-2-3-15)30-21(17)36)22-31-32-23(41-22)20(27)28/h12-13,15,20,33H,2-11H2,1H3. The predicted molar refractivity (Wildman–Crippen MR) is 147 cm³/mol. The van der Waals surface area contributed by atoms with Crippen molar-refractivity contribution in [2.24, 2.45) is 0 Å². The lowest BCUT2D eigenvalue weighted by Crippen LogP contribution is -2.52. The number of carbonyl (C=O) groups excluding carboxylic acids is 1. The highest BCUT2D eigenvalue weighted by Crippen LogP contribution is 2.47. The molecular weight excluding hydrogens is 590 g/mol. The summed E-state index contributed by atoms with van der Waals surface area (Å²) in [5.74, 6) is 0.0585. The van der Waals surface area contributed by atoms with Crippen LogP contribution in [0.2, 0.25) is 0 Å². The summed E-state index contributed by atoms with van der Waals surface area (Å²) < 4.78 is 63.7. The van der Waals surface area contributed by atoms with Gasteiger partial charge < -0.3 is 14.5 Å². The number of nitriles is 1. The summed E-state index contributed by atoms with van der Waals surface area (Å²) in [6, 6.07) is 3.59. The van der Waals surface area contributed by atoms with Gasteiger partial charge in [0, 0.05) is 45.4 Å². The zero-order valence-electron chi connectivity index (χ0n) is 22.7. The number of hydrogen-bond acceptors (Lipinski definition) is 10. The minimum absolute atomic E-state index is 0.0354. The number of anilines is 1. The molecule has 1 saturated heterocycles. The van der Waals surface area contributed by atoms with Gasteiger partial charge in [-0.1, -0.05) is 11.3 Å². The Bertz CT molecular complexity index is 1730. The van der Waals surface area contributed by atoms with Gasteiger partial charge in [-0.25, -0.2) is 22.2 Å². The molecule has 222 valence electrons. The van der Waals surface area contributed by atoms with Gasteiger partial charge in [-0.05, 0) is 44.6 Å². The lowest BCUT2D eigenvalue weighted by Gasteiger charge is -2.37. The van der Waals surface area contributed by atoms with E-state index in [1.165, 1.54) is 12.3 Å². The molecule has 16 heteroatoms. The first-order chi connectivity index (χ1) is 20.1. The number of methoxy groups -OCH3 is 1. The van der Waals surface area contributed by atoms with E-state index in [-0.39, 0.29) is 21.7 Å². The molecule has 0 unspecified atom stereocenters. The minimum Gasteiger partial charge on any atom is -0.368 e. The van der Waals surface area contributed by atoms with Gasteiger partial charge in [-0.3, -0.25) is 9.20 Å². The number of amides is 1. The average Bonchev–Trinajstić information content (AvgIpc) is 3.93. The molecule has 4 fully saturated rings. The highest BCUT2D eigenvalue weighted by Gasteiger charge is 2.53. The Morgan fingerprint density at radius 3 is 2.45 bits per heavy atom. The molecule has 3 saturated carbocycles. The van der Waals surface area contributed by atoms with Crippen LogP contribution in [-0.2, 0) is 19.6 Å². The van der Waals surface area contributed by atoms with Crippen LogP contribution in [-0.4, -0.2) is 83.2 Å². The maximum atomic E-state index is 13.6. The van der Waals surface area contributed by atoms with Gasteiger partial charge in [0.2, 0.25) is 10.0 Å². The van der Waals surface area contributed by atoms with Crippen LogP contribution in [0, 0.1) is 11.3 Å². The Morgan fingerprint density at radius 2 is 1.90 bits per heavy atom. The van der Waals surface area contributed by atoms with Gasteiger partial charge in [-0.2, -0.15) is 9.98 Å². The molecule has 3 aromatic rings. The monoisotopic (exact) mass is 618 g/mol. The van der Waals surface area contributed by atoms with Crippen molar-refractivity contribution in [3.8, 4) is 16.8 Å². The van der Waals surface area contributed by atoms with Gasteiger partial charge in [0.15, 0.2) is 15.7 Å². The Balaban J connectivity index is 1.32. The van der Waals surface area contributed by atoms with Crippen molar-refractivity contribution in [3.63, 3.8) is 0 Å². The fourth-order valence-corrected chi connectivity index (χ4v) is 7.65. The fraction of sp³-hybridized carbons (Fsp3) is 0.577. The summed E-state index contributed by atoms with van der Waals surface area (Å²) in [6.07, 6.45) is 2.59. The zero-order chi connectivity index (χ0) is 29.4. The van der Waals surface area contributed by atoms with E-state index in [9.17, 15) is 27.3 Å². The number of nitrogens with one attached hydrogen (secondary N) is 1. The lowest BCUT2D eigenvalue weighted by atomic mass is 10.2. The van der Waals surface area contributed by atoms with Crippen molar-refractivity contribution >= 4 is 38.6 Å². The van der Waals surface area contributed by atoms with Crippen molar-refractivity contribution in [3.05, 3.63) is 23.0 Å². The Hall–Kier alpha value is -3.26. The average molecular weight is 619 g/mol. The minimum atomic E-state index is -4.14. The number of alkyl halides is 2. The summed E-state index contributed by atoms with van der Waals surface area (Å²) >= 11 is 0.754. The number of nitrogens with zero attached hydrogens (tertiary/aromatic N) is 7. The molecule has 1 N–H and O–H groups in total. The molecule has 0 atom stereocenters. The van der Waals surface area contributed by atoms with Crippen molar-refractivity contribution in [2.45, 2.75) is 66.9 Å². The largest absolute Gasteiger partial charge is 0.368 e. The summed E-state index contributed by atoms with van der Waals surface area (Å²) in [5.41, 5.74) is 0.243. The predicted octanol–water partition coefficient (Wildman–Crippen LogP) is 2.83. The van der Waals surface area contributed by atoms with E-state index in [0.717, 1.165) is 24.2 Å². The molecule has 42 heavy (non-hydrogen) atoms. The van der Waals surface area contributed by atoms with Gasteiger partial charge in [0.1, 0.15) is 21.7 Å². The van der Waals surface area contributed by atoms with Crippen LogP contribution < -0.4 is 9.62 Å². The van der Waals surface area contributed by atoms with E-state index in [1.807, 2.05) is 4.90 Å². The van der Waals surface area contributed by atoms with Crippen molar-refractivity contribution in [1.29, 1.82) is 5.26 Å². The number of ether oxygens (including phenoxy) is 1. The van der Waals surface area contributed by atoms with Gasteiger partial charge in [0.25, 0.3) is 12.3 Å². The maximum absolute atomic E-state index is 13.6. The summed E-state index contributed by atoms with van der Waals surface area (Å²) in [4.78, 5) is 21.7. The number of hydrogen-bond donors (Lipinski definition) is 1. The summed E-state index contributed by atoms with van der Waals surface area (Å²) in [5, 5.41) is 17.0. The number of aromatic nitrogens is 4. The summed E-state index contributed by atoms with van der Waals surface area (Å²) in [7, 11) is -2.60. The zero-order valence-corrected chi connectivity index (χ0v) is 24.3. The molecule has 1 amide bonds. The highest BCUT2D eigenvalue weighted by molar-refractivity contribution is 7.89. The van der Waals surface area contributed by atoms with Crippen molar-refractivity contribution in [1.82, 2.24) is 29.2 Å². The molecule has 4 aliphatic rings. The number of sulfonamides is 1. The Morgan fingerprint density at radius 1 is 1.19 bits per heavy atom. The second-order valence-electron chi connectivity index (χ2n) is 11.4. The van der Waals surface area contributed by atoms with Crippen LogP contribution in [0.15, 0.2) is 17.2 Å². The quantitative estimate of drug-likeness (QED) is 0.383. The SMILES string of the molecule is COC1(C(=O)N2CCN(c3cc(S(=O)(=O)NC4(C#N)CC4)cn4c(-c5nnc(C(F)F)s5)c(C5CC5)nc34)CC2)CC1. The molecule has 0 radical (unpaired) electrons. The first-order valence-electron chi connectivity index (χ1n) is 13.8. The van der Waals surface area contributed by atoms with Gasteiger partial charge >= 0.3 is 0 Å². The third-order valence-electron chi connectivity index (χ3n) is 8.49. The van der Waals surface area contributed by atoms with Crippen molar-refractivity contribution < 1.29 is 26.7 Å². The van der Waals surface area contributed by atoms with Crippen LogP contribution in [0.25, 0.3) is 16.3 Å². The fourth-order valence-electron chi connectivity index (χ4n) is 5.51. The van der Waals surface area contributed by atoms with E-state index in [0.29, 0.717) is 74.6 Å². The number of imidazole rings is 1. The first kappa shape index (κ1) is 27.6. The normalized spacial score (nSPS) is 21.1.